The zero-order chi connectivity index (χ0) is 19.8. The van der Waals surface area contributed by atoms with Gasteiger partial charge in [-0.05, 0) is 23.8 Å². The van der Waals surface area contributed by atoms with Gasteiger partial charge in [0.2, 0.25) is 0 Å². The van der Waals surface area contributed by atoms with Crippen LogP contribution in [0.15, 0.2) is 36.7 Å². The Balaban J connectivity index is 1.26. The summed E-state index contributed by atoms with van der Waals surface area (Å²) in [7, 11) is 0. The molecule has 0 unspecified atom stereocenters. The molecule has 3 aliphatic heterocycles. The molecule has 0 N–H and O–H groups in total. The van der Waals surface area contributed by atoms with Gasteiger partial charge in [-0.2, -0.15) is 0 Å². The van der Waals surface area contributed by atoms with Gasteiger partial charge in [0.25, 0.3) is 5.78 Å². The largest absolute Gasteiger partial charge is 0.486 e. The van der Waals surface area contributed by atoms with E-state index in [9.17, 15) is 9.59 Å². The number of carbonyl (C=O) groups excluding carboxylic acids is 2. The molecule has 0 aliphatic carbocycles. The molecule has 8 nitrogen and oxygen atoms in total. The van der Waals surface area contributed by atoms with Gasteiger partial charge in [0.05, 0.1) is 17.9 Å². The Bertz CT molecular complexity index is 941. The Kier molecular flexibility index (Phi) is 4.65. The minimum absolute atomic E-state index is 0.399. The van der Waals surface area contributed by atoms with Crippen LogP contribution in [-0.2, 0) is 11.3 Å². The number of aromatic nitrogens is 1. The highest BCUT2D eigenvalue weighted by atomic mass is 16.6. The molecule has 5 rings (SSSR count). The van der Waals surface area contributed by atoms with Crippen LogP contribution in [0.2, 0.25) is 0 Å². The van der Waals surface area contributed by atoms with Crippen molar-refractivity contribution in [2.24, 2.45) is 0 Å². The van der Waals surface area contributed by atoms with E-state index >= 15 is 0 Å². The molecule has 0 spiro atoms. The number of amides is 1. The monoisotopic (exact) mass is 394 g/mol. The molecule has 4 heterocycles. The van der Waals surface area contributed by atoms with E-state index < -0.39 is 11.7 Å². The number of ketones is 1. The van der Waals surface area contributed by atoms with Gasteiger partial charge in [-0.3, -0.25) is 29.3 Å². The number of rotatable bonds is 4. The molecule has 0 atom stereocenters. The van der Waals surface area contributed by atoms with E-state index in [0.717, 1.165) is 32.7 Å². The SMILES string of the molecule is O=C1C(=O)N(CN2CCN(Cc3ccncc3)CC2)c2cc3c(cc21)OCCO3. The van der Waals surface area contributed by atoms with Crippen molar-refractivity contribution in [3.05, 3.63) is 47.8 Å². The van der Waals surface area contributed by atoms with Crippen LogP contribution in [-0.4, -0.2) is 72.5 Å². The van der Waals surface area contributed by atoms with Crippen LogP contribution in [0.5, 0.6) is 11.5 Å². The molecule has 0 bridgehead atoms. The third kappa shape index (κ3) is 3.45. The zero-order valence-corrected chi connectivity index (χ0v) is 16.0. The average molecular weight is 394 g/mol. The predicted molar refractivity (Wildman–Crippen MR) is 105 cm³/mol. The van der Waals surface area contributed by atoms with Crippen LogP contribution in [0.3, 0.4) is 0 Å². The summed E-state index contributed by atoms with van der Waals surface area (Å²) < 4.78 is 11.2. The van der Waals surface area contributed by atoms with Crippen molar-refractivity contribution in [2.75, 3.05) is 51.0 Å². The number of carbonyl (C=O) groups is 2. The van der Waals surface area contributed by atoms with E-state index in [4.69, 9.17) is 9.47 Å². The quantitative estimate of drug-likeness (QED) is 0.721. The number of nitrogens with zero attached hydrogens (tertiary/aromatic N) is 4. The number of benzene rings is 1. The molecule has 29 heavy (non-hydrogen) atoms. The number of fused-ring (bicyclic) bond motifs is 2. The summed E-state index contributed by atoms with van der Waals surface area (Å²) in [5, 5.41) is 0. The van der Waals surface area contributed by atoms with Crippen LogP contribution in [0.4, 0.5) is 5.69 Å². The molecule has 2 aromatic rings. The highest BCUT2D eigenvalue weighted by Crippen LogP contribution is 2.40. The second-order valence-electron chi connectivity index (χ2n) is 7.47. The van der Waals surface area contributed by atoms with Crippen molar-refractivity contribution >= 4 is 17.4 Å². The molecule has 1 saturated heterocycles. The maximum Gasteiger partial charge on any atom is 0.300 e. The molecule has 0 radical (unpaired) electrons. The average Bonchev–Trinajstić information content (AvgIpc) is 2.98. The lowest BCUT2D eigenvalue weighted by atomic mass is 10.1. The van der Waals surface area contributed by atoms with Gasteiger partial charge < -0.3 is 9.47 Å². The van der Waals surface area contributed by atoms with E-state index in [1.165, 1.54) is 5.56 Å². The fourth-order valence-electron chi connectivity index (χ4n) is 4.01. The first-order valence-electron chi connectivity index (χ1n) is 9.82. The van der Waals surface area contributed by atoms with Gasteiger partial charge in [-0.1, -0.05) is 0 Å². The van der Waals surface area contributed by atoms with Gasteiger partial charge >= 0.3 is 5.91 Å². The minimum atomic E-state index is -0.485. The van der Waals surface area contributed by atoms with E-state index in [-0.39, 0.29) is 0 Å². The smallest absolute Gasteiger partial charge is 0.300 e. The number of hydrogen-bond acceptors (Lipinski definition) is 7. The number of ether oxygens (including phenoxy) is 2. The summed E-state index contributed by atoms with van der Waals surface area (Å²) in [6.07, 6.45) is 3.62. The first-order chi connectivity index (χ1) is 14.2. The van der Waals surface area contributed by atoms with E-state index in [0.29, 0.717) is 42.6 Å². The van der Waals surface area contributed by atoms with E-state index in [2.05, 4.69) is 14.8 Å². The van der Waals surface area contributed by atoms with Crippen LogP contribution < -0.4 is 14.4 Å². The van der Waals surface area contributed by atoms with Gasteiger partial charge in [-0.15, -0.1) is 0 Å². The summed E-state index contributed by atoms with van der Waals surface area (Å²) in [5.74, 6) is 0.155. The second kappa shape index (κ2) is 7.46. The van der Waals surface area contributed by atoms with Crippen molar-refractivity contribution in [1.29, 1.82) is 0 Å². The molecule has 1 fully saturated rings. The summed E-state index contributed by atoms with van der Waals surface area (Å²) in [6.45, 7) is 5.70. The Morgan fingerprint density at radius 3 is 2.28 bits per heavy atom. The Morgan fingerprint density at radius 1 is 0.897 bits per heavy atom. The van der Waals surface area contributed by atoms with Gasteiger partial charge in [0.15, 0.2) is 11.5 Å². The molecule has 150 valence electrons. The van der Waals surface area contributed by atoms with Crippen molar-refractivity contribution in [1.82, 2.24) is 14.8 Å². The Morgan fingerprint density at radius 2 is 1.55 bits per heavy atom. The molecule has 1 aromatic carbocycles. The number of pyridine rings is 1. The maximum atomic E-state index is 12.6. The second-order valence-corrected chi connectivity index (χ2v) is 7.47. The number of Topliss-reactive ketones (excluding diaryl/α,β-unsaturated/α-hetero) is 1. The molecule has 8 heteroatoms. The van der Waals surface area contributed by atoms with Crippen LogP contribution in [0.1, 0.15) is 15.9 Å². The summed E-state index contributed by atoms with van der Waals surface area (Å²) in [5.41, 5.74) is 2.26. The third-order valence-electron chi connectivity index (χ3n) is 5.60. The van der Waals surface area contributed by atoms with E-state index in [1.54, 1.807) is 17.0 Å². The molecule has 1 aromatic heterocycles. The Labute approximate surface area is 168 Å². The normalized spacial score (nSPS) is 19.5. The number of anilines is 1. The number of piperazine rings is 1. The number of hydrogen-bond donors (Lipinski definition) is 0. The van der Waals surface area contributed by atoms with Crippen LogP contribution in [0, 0.1) is 0 Å². The predicted octanol–water partition coefficient (Wildman–Crippen LogP) is 1.16. The summed E-state index contributed by atoms with van der Waals surface area (Å²) >= 11 is 0. The zero-order valence-electron chi connectivity index (χ0n) is 16.0. The summed E-state index contributed by atoms with van der Waals surface area (Å²) in [6, 6.07) is 7.46. The Hall–Kier alpha value is -2.97. The fraction of sp³-hybridized carbons (Fsp3) is 0.381. The van der Waals surface area contributed by atoms with Crippen molar-refractivity contribution in [3.63, 3.8) is 0 Å². The van der Waals surface area contributed by atoms with Gasteiger partial charge in [0.1, 0.15) is 13.2 Å². The standard InChI is InChI=1S/C21H22N4O4/c26-20-16-11-18-19(29-10-9-28-18)12-17(16)25(21(20)27)14-24-7-5-23(6-8-24)13-15-1-3-22-4-2-15/h1-4,11-12H,5-10,13-14H2. The van der Waals surface area contributed by atoms with E-state index in [1.807, 2.05) is 24.5 Å². The first-order valence-corrected chi connectivity index (χ1v) is 9.82. The summed E-state index contributed by atoms with van der Waals surface area (Å²) in [4.78, 5) is 35.3. The van der Waals surface area contributed by atoms with Crippen molar-refractivity contribution in [2.45, 2.75) is 6.54 Å². The molecular weight excluding hydrogens is 372 g/mol. The fourth-order valence-corrected chi connectivity index (χ4v) is 4.01. The van der Waals surface area contributed by atoms with Gasteiger partial charge in [-0.25, -0.2) is 0 Å². The van der Waals surface area contributed by atoms with Crippen molar-refractivity contribution < 1.29 is 19.1 Å². The highest BCUT2D eigenvalue weighted by Gasteiger charge is 2.38. The molecular formula is C21H22N4O4. The lowest BCUT2D eigenvalue weighted by Gasteiger charge is -2.36. The molecule has 0 saturated carbocycles. The van der Waals surface area contributed by atoms with Crippen LogP contribution >= 0.6 is 0 Å². The molecule has 3 aliphatic rings. The lowest BCUT2D eigenvalue weighted by molar-refractivity contribution is -0.114. The minimum Gasteiger partial charge on any atom is -0.486 e. The van der Waals surface area contributed by atoms with Crippen molar-refractivity contribution in [3.8, 4) is 11.5 Å². The highest BCUT2D eigenvalue weighted by molar-refractivity contribution is 6.52. The van der Waals surface area contributed by atoms with Gasteiger partial charge in [0, 0.05) is 51.2 Å². The molecule has 1 amide bonds. The maximum absolute atomic E-state index is 12.6. The topological polar surface area (TPSA) is 75.2 Å². The first kappa shape index (κ1) is 18.1. The van der Waals surface area contributed by atoms with Crippen LogP contribution in [0.25, 0.3) is 0 Å². The third-order valence-corrected chi connectivity index (χ3v) is 5.60. The lowest BCUT2D eigenvalue weighted by Crippen LogP contribution is -2.50.